The highest BCUT2D eigenvalue weighted by Gasteiger charge is 2.18. The minimum atomic E-state index is -0.805. The standard InChI is InChI=1S/C7H6Br2O2S/c1-3(7(10)11)4-2-5(8)12-6(4)9/h2-3H,1H3,(H,10,11). The van der Waals surface area contributed by atoms with E-state index < -0.39 is 11.9 Å². The largest absolute Gasteiger partial charge is 0.481 e. The molecule has 0 saturated heterocycles. The van der Waals surface area contributed by atoms with Crippen molar-refractivity contribution in [2.45, 2.75) is 12.8 Å². The van der Waals surface area contributed by atoms with Crippen LogP contribution in [-0.4, -0.2) is 11.1 Å². The Morgan fingerprint density at radius 3 is 2.58 bits per heavy atom. The SMILES string of the molecule is CC(C(=O)O)c1cc(Br)sc1Br. The van der Waals surface area contributed by atoms with Crippen molar-refractivity contribution < 1.29 is 9.90 Å². The number of hydrogen-bond acceptors (Lipinski definition) is 2. The molecule has 0 aromatic carbocycles. The summed E-state index contributed by atoms with van der Waals surface area (Å²) < 4.78 is 1.82. The first kappa shape index (κ1) is 10.2. The predicted octanol–water partition coefficient (Wildman–Crippen LogP) is 3.46. The molecular formula is C7H6Br2O2S. The van der Waals surface area contributed by atoms with Crippen LogP contribution < -0.4 is 0 Å². The lowest BCUT2D eigenvalue weighted by molar-refractivity contribution is -0.138. The van der Waals surface area contributed by atoms with Crippen molar-refractivity contribution >= 4 is 49.2 Å². The number of aliphatic carboxylic acids is 1. The Bertz CT molecular complexity index is 308. The van der Waals surface area contributed by atoms with Gasteiger partial charge >= 0.3 is 5.97 Å². The van der Waals surface area contributed by atoms with Crippen LogP contribution in [0, 0.1) is 0 Å². The second-order valence-electron chi connectivity index (χ2n) is 2.34. The van der Waals surface area contributed by atoms with Gasteiger partial charge in [0.15, 0.2) is 0 Å². The van der Waals surface area contributed by atoms with Gasteiger partial charge in [-0.25, -0.2) is 0 Å². The van der Waals surface area contributed by atoms with Gasteiger partial charge in [0.2, 0.25) is 0 Å². The van der Waals surface area contributed by atoms with Crippen LogP contribution in [0.5, 0.6) is 0 Å². The van der Waals surface area contributed by atoms with E-state index >= 15 is 0 Å². The van der Waals surface area contributed by atoms with Crippen molar-refractivity contribution in [3.8, 4) is 0 Å². The Kier molecular flexibility index (Phi) is 3.31. The normalized spacial score (nSPS) is 12.9. The summed E-state index contributed by atoms with van der Waals surface area (Å²) in [4.78, 5) is 10.6. The Balaban J connectivity index is 3.02. The third kappa shape index (κ3) is 2.08. The summed E-state index contributed by atoms with van der Waals surface area (Å²) >= 11 is 8.09. The molecule has 0 saturated carbocycles. The molecule has 1 aromatic heterocycles. The smallest absolute Gasteiger partial charge is 0.310 e. The van der Waals surface area contributed by atoms with E-state index in [0.29, 0.717) is 0 Å². The lowest BCUT2D eigenvalue weighted by Gasteiger charge is -2.02. The van der Waals surface area contributed by atoms with Crippen LogP contribution in [0.15, 0.2) is 13.6 Å². The van der Waals surface area contributed by atoms with E-state index in [1.54, 1.807) is 6.92 Å². The molecule has 0 amide bonds. The fraction of sp³-hybridized carbons (Fsp3) is 0.286. The highest BCUT2D eigenvalue weighted by atomic mass is 79.9. The first-order valence-electron chi connectivity index (χ1n) is 3.20. The molecule has 0 aliphatic rings. The summed E-state index contributed by atoms with van der Waals surface area (Å²) in [5, 5.41) is 8.74. The number of halogens is 2. The van der Waals surface area contributed by atoms with Crippen LogP contribution in [-0.2, 0) is 4.79 Å². The summed E-state index contributed by atoms with van der Waals surface area (Å²) in [6.07, 6.45) is 0. The molecule has 5 heteroatoms. The van der Waals surface area contributed by atoms with Gasteiger partial charge in [-0.2, -0.15) is 0 Å². The van der Waals surface area contributed by atoms with E-state index in [-0.39, 0.29) is 0 Å². The summed E-state index contributed by atoms with van der Waals surface area (Å²) in [5.74, 6) is -1.26. The zero-order chi connectivity index (χ0) is 9.30. The second kappa shape index (κ2) is 3.89. The van der Waals surface area contributed by atoms with Crippen LogP contribution in [0.1, 0.15) is 18.4 Å². The van der Waals surface area contributed by atoms with Gasteiger partial charge in [-0.15, -0.1) is 11.3 Å². The Morgan fingerprint density at radius 1 is 1.67 bits per heavy atom. The van der Waals surface area contributed by atoms with Crippen molar-refractivity contribution in [1.29, 1.82) is 0 Å². The van der Waals surface area contributed by atoms with Gasteiger partial charge < -0.3 is 5.11 Å². The topological polar surface area (TPSA) is 37.3 Å². The lowest BCUT2D eigenvalue weighted by Crippen LogP contribution is -2.06. The van der Waals surface area contributed by atoms with E-state index in [4.69, 9.17) is 5.11 Å². The average Bonchev–Trinajstić information content (AvgIpc) is 2.28. The zero-order valence-corrected chi connectivity index (χ0v) is 10.2. The monoisotopic (exact) mass is 312 g/mol. The number of hydrogen-bond donors (Lipinski definition) is 1. The third-order valence-electron chi connectivity index (χ3n) is 1.52. The highest BCUT2D eigenvalue weighted by molar-refractivity contribution is 9.12. The quantitative estimate of drug-likeness (QED) is 0.908. The summed E-state index contributed by atoms with van der Waals surface area (Å²) in [6, 6.07) is 1.83. The molecule has 1 rings (SSSR count). The number of rotatable bonds is 2. The zero-order valence-electron chi connectivity index (χ0n) is 6.17. The van der Waals surface area contributed by atoms with Crippen molar-refractivity contribution in [3.63, 3.8) is 0 Å². The maximum absolute atomic E-state index is 10.6. The predicted molar refractivity (Wildman–Crippen MR) is 55.8 cm³/mol. The molecule has 1 unspecified atom stereocenters. The van der Waals surface area contributed by atoms with Crippen molar-refractivity contribution in [3.05, 3.63) is 19.2 Å². The van der Waals surface area contributed by atoms with Crippen LogP contribution in [0.2, 0.25) is 0 Å². The number of carbonyl (C=O) groups is 1. The summed E-state index contributed by atoms with van der Waals surface area (Å²) in [7, 11) is 0. The number of carboxylic acids is 1. The molecule has 0 fully saturated rings. The van der Waals surface area contributed by atoms with Crippen LogP contribution >= 0.6 is 43.2 Å². The van der Waals surface area contributed by atoms with Gasteiger partial charge in [0.1, 0.15) is 0 Å². The molecule has 0 radical (unpaired) electrons. The van der Waals surface area contributed by atoms with Crippen molar-refractivity contribution in [2.24, 2.45) is 0 Å². The summed E-state index contributed by atoms with van der Waals surface area (Å²) in [5.41, 5.74) is 0.819. The molecule has 0 aliphatic heterocycles. The van der Waals surface area contributed by atoms with Crippen LogP contribution in [0.3, 0.4) is 0 Å². The number of carboxylic acid groups (broad SMARTS) is 1. The second-order valence-corrected chi connectivity index (χ2v) is 6.09. The molecular weight excluding hydrogens is 308 g/mol. The van der Waals surface area contributed by atoms with Crippen molar-refractivity contribution in [2.75, 3.05) is 0 Å². The fourth-order valence-corrected chi connectivity index (χ4v) is 3.86. The van der Waals surface area contributed by atoms with E-state index in [1.807, 2.05) is 6.07 Å². The molecule has 66 valence electrons. The van der Waals surface area contributed by atoms with E-state index in [9.17, 15) is 4.79 Å². The van der Waals surface area contributed by atoms with Crippen LogP contribution in [0.25, 0.3) is 0 Å². The Morgan fingerprint density at radius 2 is 2.25 bits per heavy atom. The lowest BCUT2D eigenvalue weighted by atomic mass is 10.1. The van der Waals surface area contributed by atoms with E-state index in [0.717, 1.165) is 13.1 Å². The van der Waals surface area contributed by atoms with Gasteiger partial charge in [0, 0.05) is 0 Å². The first-order valence-corrected chi connectivity index (χ1v) is 5.60. The molecule has 1 aromatic rings. The average molecular weight is 314 g/mol. The first-order chi connectivity index (χ1) is 5.52. The Hall–Kier alpha value is 0.130. The minimum absolute atomic E-state index is 0.457. The molecule has 1 heterocycles. The molecule has 1 atom stereocenters. The molecule has 1 N–H and O–H groups in total. The van der Waals surface area contributed by atoms with Crippen LogP contribution in [0.4, 0.5) is 0 Å². The Labute approximate surface area is 90.9 Å². The molecule has 0 spiro atoms. The van der Waals surface area contributed by atoms with Gasteiger partial charge in [-0.3, -0.25) is 4.79 Å². The molecule has 12 heavy (non-hydrogen) atoms. The van der Waals surface area contributed by atoms with Gasteiger partial charge in [-0.05, 0) is 50.4 Å². The third-order valence-corrected chi connectivity index (χ3v) is 3.91. The van der Waals surface area contributed by atoms with Crippen molar-refractivity contribution in [1.82, 2.24) is 0 Å². The summed E-state index contributed by atoms with van der Waals surface area (Å²) in [6.45, 7) is 1.67. The maximum Gasteiger partial charge on any atom is 0.310 e. The van der Waals surface area contributed by atoms with Gasteiger partial charge in [0.25, 0.3) is 0 Å². The van der Waals surface area contributed by atoms with Gasteiger partial charge in [0.05, 0.1) is 13.5 Å². The molecule has 0 bridgehead atoms. The molecule has 0 aliphatic carbocycles. The highest BCUT2D eigenvalue weighted by Crippen LogP contribution is 2.36. The maximum atomic E-state index is 10.6. The fourth-order valence-electron chi connectivity index (χ4n) is 0.781. The minimum Gasteiger partial charge on any atom is -0.481 e. The molecule has 2 nitrogen and oxygen atoms in total. The van der Waals surface area contributed by atoms with Gasteiger partial charge in [-0.1, -0.05) is 0 Å². The van der Waals surface area contributed by atoms with E-state index in [2.05, 4.69) is 31.9 Å². The number of thiophene rings is 1. The van der Waals surface area contributed by atoms with E-state index in [1.165, 1.54) is 11.3 Å².